The van der Waals surface area contributed by atoms with Crippen LogP contribution in [0, 0.1) is 5.41 Å². The zero-order valence-corrected chi connectivity index (χ0v) is 13.3. The second-order valence-corrected chi connectivity index (χ2v) is 7.29. The summed E-state index contributed by atoms with van der Waals surface area (Å²) in [6, 6.07) is 0.622. The number of hydrazine groups is 1. The second kappa shape index (κ2) is 6.20. The summed E-state index contributed by atoms with van der Waals surface area (Å²) in [5, 5.41) is 2.37. The fraction of sp³-hybridized carbons (Fsp3) is 0.714. The third-order valence-corrected chi connectivity index (χ3v) is 5.11. The van der Waals surface area contributed by atoms with Gasteiger partial charge in [-0.15, -0.1) is 11.3 Å². The molecule has 1 heterocycles. The van der Waals surface area contributed by atoms with Crippen molar-refractivity contribution in [2.45, 2.75) is 52.1 Å². The monoisotopic (exact) mass is 296 g/mol. The van der Waals surface area contributed by atoms with Crippen molar-refractivity contribution in [2.24, 2.45) is 11.3 Å². The van der Waals surface area contributed by atoms with E-state index in [1.165, 1.54) is 37.0 Å². The van der Waals surface area contributed by atoms with Crippen molar-refractivity contribution >= 4 is 17.2 Å². The number of nitrogens with zero attached hydrogens (tertiary/aromatic N) is 2. The maximum absolute atomic E-state index is 11.4. The van der Waals surface area contributed by atoms with Gasteiger partial charge in [-0.05, 0) is 38.1 Å². The van der Waals surface area contributed by atoms with Crippen LogP contribution in [0.3, 0.4) is 0 Å². The number of hydrogen-bond donors (Lipinski definition) is 2. The van der Waals surface area contributed by atoms with Crippen LogP contribution in [0.5, 0.6) is 0 Å². The quantitative estimate of drug-likeness (QED) is 0.507. The van der Waals surface area contributed by atoms with Crippen molar-refractivity contribution < 1.29 is 4.79 Å². The van der Waals surface area contributed by atoms with Crippen LogP contribution in [-0.2, 0) is 6.54 Å². The molecule has 0 aliphatic heterocycles. The van der Waals surface area contributed by atoms with E-state index >= 15 is 0 Å². The zero-order chi connectivity index (χ0) is 14.8. The summed E-state index contributed by atoms with van der Waals surface area (Å²) in [5.74, 6) is 4.80. The molecule has 1 aromatic rings. The first-order valence-corrected chi connectivity index (χ1v) is 7.95. The number of aromatic nitrogens is 1. The number of carbonyl (C=O) groups is 1. The standard InChI is InChI=1S/C14H24N4OS/c1-14(2)6-4-11(5-7-14)18(3)8-10-9-20-13(16-10)12(19)17-15/h9,11H,4-8,15H2,1-3H3,(H,17,19). The Morgan fingerprint density at radius 1 is 1.55 bits per heavy atom. The molecule has 0 atom stereocenters. The van der Waals surface area contributed by atoms with Gasteiger partial charge in [0.2, 0.25) is 0 Å². The number of nitrogens with two attached hydrogens (primary N) is 1. The lowest BCUT2D eigenvalue weighted by molar-refractivity contribution is 0.0952. The number of thiazole rings is 1. The van der Waals surface area contributed by atoms with Gasteiger partial charge in [-0.2, -0.15) is 0 Å². The Morgan fingerprint density at radius 3 is 2.80 bits per heavy atom. The molecule has 0 aromatic carbocycles. The van der Waals surface area contributed by atoms with E-state index in [1.54, 1.807) is 0 Å². The summed E-state index contributed by atoms with van der Waals surface area (Å²) >= 11 is 1.34. The molecule has 0 unspecified atom stereocenters. The van der Waals surface area contributed by atoms with Gasteiger partial charge in [-0.25, -0.2) is 10.8 Å². The van der Waals surface area contributed by atoms with Crippen molar-refractivity contribution in [3.63, 3.8) is 0 Å². The molecule has 1 saturated carbocycles. The van der Waals surface area contributed by atoms with E-state index in [0.717, 1.165) is 12.2 Å². The van der Waals surface area contributed by atoms with Gasteiger partial charge in [0.1, 0.15) is 0 Å². The Kier molecular flexibility index (Phi) is 4.78. The zero-order valence-electron chi connectivity index (χ0n) is 12.5. The lowest BCUT2D eigenvalue weighted by Crippen LogP contribution is -2.36. The molecule has 1 aliphatic rings. The largest absolute Gasteiger partial charge is 0.298 e. The lowest BCUT2D eigenvalue weighted by Gasteiger charge is -2.38. The molecule has 0 spiro atoms. The van der Waals surface area contributed by atoms with E-state index in [2.05, 4.69) is 36.2 Å². The van der Waals surface area contributed by atoms with Gasteiger partial charge in [-0.3, -0.25) is 15.1 Å². The summed E-state index contributed by atoms with van der Waals surface area (Å²) in [6.07, 6.45) is 5.04. The molecule has 2 rings (SSSR count). The Balaban J connectivity index is 1.90. The minimum absolute atomic E-state index is 0.316. The van der Waals surface area contributed by atoms with Crippen LogP contribution >= 0.6 is 11.3 Å². The molecule has 1 aromatic heterocycles. The van der Waals surface area contributed by atoms with Crippen LogP contribution in [0.25, 0.3) is 0 Å². The average Bonchev–Trinajstić information content (AvgIpc) is 2.86. The minimum atomic E-state index is -0.316. The molecule has 112 valence electrons. The Labute approximate surface area is 124 Å². The minimum Gasteiger partial charge on any atom is -0.298 e. The van der Waals surface area contributed by atoms with Crippen LogP contribution < -0.4 is 11.3 Å². The third kappa shape index (κ3) is 3.77. The number of amides is 1. The fourth-order valence-corrected chi connectivity index (χ4v) is 3.47. The fourth-order valence-electron chi connectivity index (χ4n) is 2.76. The van der Waals surface area contributed by atoms with Gasteiger partial charge in [-0.1, -0.05) is 13.8 Å². The predicted octanol–water partition coefficient (Wildman–Crippen LogP) is 2.15. The van der Waals surface area contributed by atoms with Gasteiger partial charge in [0.25, 0.3) is 5.91 Å². The van der Waals surface area contributed by atoms with Crippen molar-refractivity contribution in [3.8, 4) is 0 Å². The molecule has 0 bridgehead atoms. The van der Waals surface area contributed by atoms with E-state index in [0.29, 0.717) is 16.5 Å². The molecule has 1 aliphatic carbocycles. The van der Waals surface area contributed by atoms with Crippen LogP contribution in [0.2, 0.25) is 0 Å². The maximum atomic E-state index is 11.4. The highest BCUT2D eigenvalue weighted by molar-refractivity contribution is 7.11. The molecule has 0 radical (unpaired) electrons. The number of nitrogens with one attached hydrogen (secondary N) is 1. The maximum Gasteiger partial charge on any atom is 0.294 e. The summed E-state index contributed by atoms with van der Waals surface area (Å²) in [7, 11) is 2.14. The highest BCUT2D eigenvalue weighted by Crippen LogP contribution is 2.36. The summed E-state index contributed by atoms with van der Waals surface area (Å²) in [5.41, 5.74) is 3.55. The van der Waals surface area contributed by atoms with Crippen LogP contribution in [0.4, 0.5) is 0 Å². The average molecular weight is 296 g/mol. The van der Waals surface area contributed by atoms with Crippen molar-refractivity contribution in [1.29, 1.82) is 0 Å². The lowest BCUT2D eigenvalue weighted by atomic mass is 9.75. The second-order valence-electron chi connectivity index (χ2n) is 6.43. The smallest absolute Gasteiger partial charge is 0.294 e. The first-order valence-electron chi connectivity index (χ1n) is 7.07. The number of rotatable bonds is 4. The number of nitrogen functional groups attached to an aromatic ring is 1. The number of carbonyl (C=O) groups excluding carboxylic acids is 1. The molecule has 5 nitrogen and oxygen atoms in total. The van der Waals surface area contributed by atoms with E-state index < -0.39 is 0 Å². The van der Waals surface area contributed by atoms with Gasteiger partial charge < -0.3 is 0 Å². The van der Waals surface area contributed by atoms with Crippen LogP contribution in [0.15, 0.2) is 5.38 Å². The molecular weight excluding hydrogens is 272 g/mol. The topological polar surface area (TPSA) is 71.2 Å². The van der Waals surface area contributed by atoms with Crippen molar-refractivity contribution in [1.82, 2.24) is 15.3 Å². The Bertz CT molecular complexity index is 461. The summed E-state index contributed by atoms with van der Waals surface area (Å²) < 4.78 is 0. The molecule has 0 saturated heterocycles. The first-order chi connectivity index (χ1) is 9.41. The van der Waals surface area contributed by atoms with Crippen LogP contribution in [-0.4, -0.2) is 28.9 Å². The van der Waals surface area contributed by atoms with E-state index in [1.807, 2.05) is 5.38 Å². The Morgan fingerprint density at radius 2 is 2.20 bits per heavy atom. The first kappa shape index (κ1) is 15.4. The predicted molar refractivity (Wildman–Crippen MR) is 81.3 cm³/mol. The van der Waals surface area contributed by atoms with Gasteiger partial charge in [0.05, 0.1) is 5.69 Å². The van der Waals surface area contributed by atoms with Crippen molar-refractivity contribution in [2.75, 3.05) is 7.05 Å². The molecule has 20 heavy (non-hydrogen) atoms. The van der Waals surface area contributed by atoms with E-state index in [4.69, 9.17) is 5.84 Å². The molecule has 6 heteroatoms. The van der Waals surface area contributed by atoms with E-state index in [-0.39, 0.29) is 5.91 Å². The third-order valence-electron chi connectivity index (χ3n) is 4.22. The van der Waals surface area contributed by atoms with Gasteiger partial charge in [0.15, 0.2) is 5.01 Å². The van der Waals surface area contributed by atoms with Gasteiger partial charge >= 0.3 is 0 Å². The van der Waals surface area contributed by atoms with Crippen molar-refractivity contribution in [3.05, 3.63) is 16.1 Å². The summed E-state index contributed by atoms with van der Waals surface area (Å²) in [4.78, 5) is 18.1. The Hall–Kier alpha value is -0.980. The summed E-state index contributed by atoms with van der Waals surface area (Å²) in [6.45, 7) is 5.49. The molecule has 1 amide bonds. The highest BCUT2D eigenvalue weighted by atomic mass is 32.1. The SMILES string of the molecule is CN(Cc1csc(C(=O)NN)n1)C1CCC(C)(C)CC1. The molecule has 3 N–H and O–H groups in total. The molecule has 1 fully saturated rings. The highest BCUT2D eigenvalue weighted by Gasteiger charge is 2.29. The van der Waals surface area contributed by atoms with E-state index in [9.17, 15) is 4.79 Å². The normalized spacial score (nSPS) is 19.2. The molecular formula is C14H24N4OS. The van der Waals surface area contributed by atoms with Crippen LogP contribution in [0.1, 0.15) is 55.0 Å². The van der Waals surface area contributed by atoms with Gasteiger partial charge in [0, 0.05) is 18.0 Å². The number of hydrogen-bond acceptors (Lipinski definition) is 5.